The third kappa shape index (κ3) is 7.50. The summed E-state index contributed by atoms with van der Waals surface area (Å²) >= 11 is 27.6. The number of halogens is 4. The van der Waals surface area contributed by atoms with E-state index < -0.39 is 20.2 Å². The van der Waals surface area contributed by atoms with Gasteiger partial charge in [-0.3, -0.25) is 9.11 Å². The summed E-state index contributed by atoms with van der Waals surface area (Å²) < 4.78 is 70.8. The highest BCUT2D eigenvalue weighted by molar-refractivity contribution is 7.88. The molecule has 0 bridgehead atoms. The number of unbranched alkanes of at least 4 members (excludes halogenated alkanes) is 2. The molecule has 2 aromatic carbocycles. The first-order valence-electron chi connectivity index (χ1n) is 16.9. The van der Waals surface area contributed by atoms with Crippen molar-refractivity contribution in [3.05, 3.63) is 114 Å². The topological polar surface area (TPSA) is 144 Å². The molecule has 284 valence electrons. The van der Waals surface area contributed by atoms with Gasteiger partial charge in [-0.25, -0.2) is 9.36 Å². The average Bonchev–Trinajstić information content (AvgIpc) is 3.90. The van der Waals surface area contributed by atoms with Crippen molar-refractivity contribution >= 4 is 101 Å². The van der Waals surface area contributed by atoms with E-state index in [9.17, 15) is 25.9 Å². The minimum Gasteiger partial charge on any atom is -0.281 e. The first-order valence-corrected chi connectivity index (χ1v) is 22.9. The molecule has 0 spiro atoms. The molecule has 0 saturated heterocycles. The maximum Gasteiger partial charge on any atom is 0.304 e. The van der Waals surface area contributed by atoms with E-state index in [1.807, 2.05) is 12.2 Å². The molecule has 8 rings (SSSR count). The molecular formula is C37H28Cl4N4O6S4. The molecule has 4 heterocycles. The number of hydrogen-bond donors (Lipinski definition) is 2. The number of aromatic nitrogens is 4. The lowest BCUT2D eigenvalue weighted by atomic mass is 9.94. The second-order valence-corrected chi connectivity index (χ2v) is 20.1. The maximum absolute atomic E-state index is 12.0. The summed E-state index contributed by atoms with van der Waals surface area (Å²) in [6.45, 7) is 0. The van der Waals surface area contributed by atoms with Gasteiger partial charge in [-0.2, -0.15) is 27.0 Å². The zero-order valence-electron chi connectivity index (χ0n) is 28.3. The van der Waals surface area contributed by atoms with Gasteiger partial charge in [-0.1, -0.05) is 58.6 Å². The van der Waals surface area contributed by atoms with Crippen molar-refractivity contribution in [2.45, 2.75) is 53.4 Å². The Bertz CT molecular complexity index is 2630. The van der Waals surface area contributed by atoms with Gasteiger partial charge in [0.05, 0.1) is 54.0 Å². The summed E-state index contributed by atoms with van der Waals surface area (Å²) in [6, 6.07) is 13.3. The predicted octanol–water partition coefficient (Wildman–Crippen LogP) is 10.7. The third-order valence-electron chi connectivity index (χ3n) is 9.40. The Balaban J connectivity index is 1.04. The molecule has 6 aromatic rings. The van der Waals surface area contributed by atoms with E-state index in [1.165, 1.54) is 12.1 Å². The Labute approximate surface area is 344 Å². The Morgan fingerprint density at radius 1 is 0.636 bits per heavy atom. The molecule has 0 unspecified atom stereocenters. The molecule has 0 aliphatic heterocycles. The Kier molecular flexibility index (Phi) is 10.5. The molecule has 0 saturated carbocycles. The monoisotopic (exact) mass is 892 g/mol. The quantitative estimate of drug-likeness (QED) is 0.102. The van der Waals surface area contributed by atoms with E-state index in [0.717, 1.165) is 87.0 Å². The largest absolute Gasteiger partial charge is 0.304 e. The number of hydrogen-bond acceptors (Lipinski definition) is 8. The fraction of sp³-hybridized carbons (Fsp3) is 0.189. The lowest BCUT2D eigenvalue weighted by Crippen LogP contribution is -2.05. The van der Waals surface area contributed by atoms with Crippen LogP contribution in [-0.4, -0.2) is 45.5 Å². The molecule has 18 heteroatoms. The average molecular weight is 895 g/mol. The Hall–Kier alpha value is -3.28. The van der Waals surface area contributed by atoms with Crippen LogP contribution in [0.25, 0.3) is 44.7 Å². The zero-order valence-corrected chi connectivity index (χ0v) is 34.6. The minimum atomic E-state index is -4.38. The van der Waals surface area contributed by atoms with Crippen molar-refractivity contribution in [3.8, 4) is 32.5 Å². The smallest absolute Gasteiger partial charge is 0.281 e. The molecule has 10 nitrogen and oxygen atoms in total. The molecule has 2 aliphatic rings. The SMILES string of the molecule is O=S(=O)(O)c1cc2c(s1)-c1c(c(/C=C/CCC/C=C/c3nn(-c4ccc(Cl)cc4Cl)c4c3CCc3cc(S(=O)(=O)O)sc3-4)nn1-c1ccc(Cl)cc1Cl)CC2. The van der Waals surface area contributed by atoms with Gasteiger partial charge in [0.2, 0.25) is 0 Å². The number of fused-ring (bicyclic) bond motifs is 6. The van der Waals surface area contributed by atoms with E-state index in [0.29, 0.717) is 66.9 Å². The van der Waals surface area contributed by atoms with E-state index in [-0.39, 0.29) is 8.42 Å². The fourth-order valence-corrected chi connectivity index (χ4v) is 11.8. The van der Waals surface area contributed by atoms with Gasteiger partial charge >= 0.3 is 20.2 Å². The third-order valence-corrected chi connectivity index (χ3v) is 15.4. The number of aryl methyl sites for hydroxylation is 2. The van der Waals surface area contributed by atoms with Crippen LogP contribution in [0.1, 0.15) is 52.9 Å². The summed E-state index contributed by atoms with van der Waals surface area (Å²) in [4.78, 5) is 1.43. The number of allylic oxidation sites excluding steroid dienone is 2. The number of benzene rings is 2. The highest BCUT2D eigenvalue weighted by Gasteiger charge is 2.31. The van der Waals surface area contributed by atoms with Crippen LogP contribution in [0.5, 0.6) is 0 Å². The molecule has 0 fully saturated rings. The van der Waals surface area contributed by atoms with Crippen LogP contribution in [-0.2, 0) is 45.9 Å². The number of rotatable bonds is 10. The van der Waals surface area contributed by atoms with Crippen molar-refractivity contribution in [1.29, 1.82) is 0 Å². The van der Waals surface area contributed by atoms with Gasteiger partial charge in [0.25, 0.3) is 0 Å². The molecule has 0 radical (unpaired) electrons. The lowest BCUT2D eigenvalue weighted by Gasteiger charge is -2.15. The standard InChI is InChI=1S/C37H28Cl4N4O6S4/c38-22-10-14-30(26(40)18-22)44-34-24(12-8-20-16-32(52-36(20)34)54(46,47)48)28(42-44)6-4-2-1-3-5-7-29-25-13-9-21-17-33(55(49,50)51)53-37(21)35(25)45(43-29)31-15-11-23(39)19-27(31)41/h4-7,10-11,14-19H,1-3,8-9,12-13H2,(H,46,47,48)(H,49,50,51)/b6-4+,7-5+. The molecule has 2 N–H and O–H groups in total. The second-order valence-electron chi connectivity index (χ2n) is 13.0. The Morgan fingerprint density at radius 2 is 1.05 bits per heavy atom. The molecule has 0 atom stereocenters. The van der Waals surface area contributed by atoms with Crippen LogP contribution in [0.2, 0.25) is 20.1 Å². The summed E-state index contributed by atoms with van der Waals surface area (Å²) in [5, 5.41) is 11.6. The van der Waals surface area contributed by atoms with Crippen LogP contribution in [0.15, 0.2) is 69.1 Å². The number of thiophene rings is 2. The molecule has 2 aliphatic carbocycles. The van der Waals surface area contributed by atoms with Crippen molar-refractivity contribution in [2.75, 3.05) is 0 Å². The second kappa shape index (κ2) is 14.9. The van der Waals surface area contributed by atoms with Crippen LogP contribution < -0.4 is 0 Å². The Morgan fingerprint density at radius 3 is 1.44 bits per heavy atom. The van der Waals surface area contributed by atoms with Gasteiger partial charge in [0.15, 0.2) is 0 Å². The van der Waals surface area contributed by atoms with Gasteiger partial charge in [0.1, 0.15) is 8.42 Å². The summed E-state index contributed by atoms with van der Waals surface area (Å²) in [5.41, 5.74) is 7.70. The van der Waals surface area contributed by atoms with Crippen LogP contribution >= 0.6 is 69.1 Å². The molecule has 4 aromatic heterocycles. The van der Waals surface area contributed by atoms with Crippen LogP contribution in [0.3, 0.4) is 0 Å². The van der Waals surface area contributed by atoms with Gasteiger partial charge in [-0.05, 0) is 117 Å². The van der Waals surface area contributed by atoms with Crippen molar-refractivity contribution in [2.24, 2.45) is 0 Å². The first-order chi connectivity index (χ1) is 26.2. The van der Waals surface area contributed by atoms with Crippen molar-refractivity contribution in [3.63, 3.8) is 0 Å². The van der Waals surface area contributed by atoms with E-state index in [1.54, 1.807) is 45.8 Å². The van der Waals surface area contributed by atoms with Gasteiger partial charge in [0, 0.05) is 21.2 Å². The van der Waals surface area contributed by atoms with E-state index in [2.05, 4.69) is 12.2 Å². The summed E-state index contributed by atoms with van der Waals surface area (Å²) in [5.74, 6) is 0. The molecule has 0 amide bonds. The van der Waals surface area contributed by atoms with E-state index in [4.69, 9.17) is 56.6 Å². The minimum absolute atomic E-state index is 0.117. The lowest BCUT2D eigenvalue weighted by molar-refractivity contribution is 0.483. The highest BCUT2D eigenvalue weighted by atomic mass is 35.5. The highest BCUT2D eigenvalue weighted by Crippen LogP contribution is 2.46. The van der Waals surface area contributed by atoms with Crippen molar-refractivity contribution in [1.82, 2.24) is 19.6 Å². The first kappa shape index (κ1) is 38.6. The summed E-state index contributed by atoms with van der Waals surface area (Å²) in [6.07, 6.45) is 12.8. The van der Waals surface area contributed by atoms with E-state index >= 15 is 0 Å². The molecule has 55 heavy (non-hydrogen) atoms. The normalized spacial score (nSPS) is 14.1. The fourth-order valence-electron chi connectivity index (χ4n) is 6.91. The van der Waals surface area contributed by atoms with Gasteiger partial charge < -0.3 is 0 Å². The number of nitrogens with zero attached hydrogens (tertiary/aromatic N) is 4. The van der Waals surface area contributed by atoms with Crippen LogP contribution in [0, 0.1) is 0 Å². The zero-order chi connectivity index (χ0) is 38.8. The van der Waals surface area contributed by atoms with Crippen molar-refractivity contribution < 1.29 is 25.9 Å². The summed E-state index contributed by atoms with van der Waals surface area (Å²) in [7, 11) is -8.76. The van der Waals surface area contributed by atoms with Gasteiger partial charge in [-0.15, -0.1) is 22.7 Å². The van der Waals surface area contributed by atoms with Crippen LogP contribution in [0.4, 0.5) is 0 Å². The molecular weight excluding hydrogens is 867 g/mol. The maximum atomic E-state index is 12.0. The predicted molar refractivity (Wildman–Crippen MR) is 220 cm³/mol.